The first-order chi connectivity index (χ1) is 14.5. The van der Waals surface area contributed by atoms with Gasteiger partial charge in [0.15, 0.2) is 0 Å². The fourth-order valence-corrected chi connectivity index (χ4v) is 3.64. The Labute approximate surface area is 181 Å². The van der Waals surface area contributed by atoms with E-state index in [1.54, 1.807) is 44.6 Å². The molecule has 0 unspecified atom stereocenters. The number of piperidine rings is 1. The number of carbonyl (C=O) groups excluding carboxylic acids is 2. The standard InChI is InChI=1S/C21H26ClN5O3/c1-23-20(28)13-27-10-9-19(17(12-27)18-8-7-16(30-2)11-24-18)26-21(29)25-15-5-3-14(22)4-6-15/h3-8,11,17,19H,9-10,12-13H2,1-2H3,(H,23,28)(H2,25,26,29)/t17-,19+/m0/s1. The van der Waals surface area contributed by atoms with Gasteiger partial charge in [0, 0.05) is 48.5 Å². The number of urea groups is 1. The molecule has 3 amide bonds. The van der Waals surface area contributed by atoms with Gasteiger partial charge in [-0.2, -0.15) is 0 Å². The van der Waals surface area contributed by atoms with E-state index in [4.69, 9.17) is 16.3 Å². The number of ether oxygens (including phenoxy) is 1. The number of amides is 3. The van der Waals surface area contributed by atoms with Crippen LogP contribution >= 0.6 is 11.6 Å². The Hall–Kier alpha value is -2.84. The number of halogens is 1. The van der Waals surface area contributed by atoms with E-state index < -0.39 is 0 Å². The Kier molecular flexibility index (Phi) is 7.48. The van der Waals surface area contributed by atoms with Crippen molar-refractivity contribution in [3.05, 3.63) is 53.3 Å². The summed E-state index contributed by atoms with van der Waals surface area (Å²) in [5.74, 6) is 0.565. The van der Waals surface area contributed by atoms with Crippen LogP contribution in [0.1, 0.15) is 18.0 Å². The molecule has 2 aromatic rings. The van der Waals surface area contributed by atoms with Crippen molar-refractivity contribution < 1.29 is 14.3 Å². The molecular weight excluding hydrogens is 406 g/mol. The summed E-state index contributed by atoms with van der Waals surface area (Å²) >= 11 is 5.90. The number of pyridine rings is 1. The van der Waals surface area contributed by atoms with Gasteiger partial charge in [0.05, 0.1) is 19.9 Å². The number of nitrogens with one attached hydrogen (secondary N) is 3. The Balaban J connectivity index is 1.71. The molecule has 0 bridgehead atoms. The molecule has 2 atom stereocenters. The van der Waals surface area contributed by atoms with E-state index in [2.05, 4.69) is 25.8 Å². The predicted octanol–water partition coefficient (Wildman–Crippen LogP) is 2.47. The molecule has 1 aliphatic rings. The molecule has 160 valence electrons. The minimum Gasteiger partial charge on any atom is -0.495 e. The van der Waals surface area contributed by atoms with E-state index in [-0.39, 0.29) is 23.9 Å². The van der Waals surface area contributed by atoms with Crippen LogP contribution in [-0.4, -0.2) is 61.7 Å². The maximum Gasteiger partial charge on any atom is 0.319 e. The lowest BCUT2D eigenvalue weighted by molar-refractivity contribution is -0.122. The van der Waals surface area contributed by atoms with Gasteiger partial charge in [-0.3, -0.25) is 14.7 Å². The number of benzene rings is 1. The quantitative estimate of drug-likeness (QED) is 0.653. The minimum absolute atomic E-state index is 0.0386. The second-order valence-electron chi connectivity index (χ2n) is 7.14. The zero-order chi connectivity index (χ0) is 21.5. The number of carbonyl (C=O) groups is 2. The van der Waals surface area contributed by atoms with Gasteiger partial charge in [-0.05, 0) is 42.8 Å². The lowest BCUT2D eigenvalue weighted by Gasteiger charge is -2.38. The molecule has 30 heavy (non-hydrogen) atoms. The van der Waals surface area contributed by atoms with Crippen LogP contribution in [0.15, 0.2) is 42.6 Å². The van der Waals surface area contributed by atoms with Gasteiger partial charge in [0.2, 0.25) is 5.91 Å². The van der Waals surface area contributed by atoms with Crippen molar-refractivity contribution in [2.45, 2.75) is 18.4 Å². The molecule has 1 aromatic carbocycles. The lowest BCUT2D eigenvalue weighted by Crippen LogP contribution is -2.52. The Bertz CT molecular complexity index is 860. The number of anilines is 1. The summed E-state index contributed by atoms with van der Waals surface area (Å²) in [5, 5.41) is 9.16. The van der Waals surface area contributed by atoms with Crippen molar-refractivity contribution >= 4 is 29.2 Å². The first-order valence-corrected chi connectivity index (χ1v) is 10.1. The smallest absolute Gasteiger partial charge is 0.319 e. The first-order valence-electron chi connectivity index (χ1n) is 9.74. The van der Waals surface area contributed by atoms with Crippen LogP contribution in [-0.2, 0) is 4.79 Å². The zero-order valence-electron chi connectivity index (χ0n) is 17.0. The number of likely N-dealkylation sites (tertiary alicyclic amines) is 1. The van der Waals surface area contributed by atoms with Crippen LogP contribution in [0.5, 0.6) is 5.75 Å². The van der Waals surface area contributed by atoms with Gasteiger partial charge in [-0.25, -0.2) is 4.79 Å². The normalized spacial score (nSPS) is 19.0. The summed E-state index contributed by atoms with van der Waals surface area (Å²) in [6.45, 7) is 1.62. The number of rotatable bonds is 6. The Morgan fingerprint density at radius 1 is 1.23 bits per heavy atom. The molecule has 8 nitrogen and oxygen atoms in total. The third-order valence-electron chi connectivity index (χ3n) is 5.14. The van der Waals surface area contributed by atoms with Crippen molar-refractivity contribution in [3.63, 3.8) is 0 Å². The molecule has 0 radical (unpaired) electrons. The molecule has 1 aliphatic heterocycles. The molecule has 3 N–H and O–H groups in total. The molecular formula is C21H26ClN5O3. The minimum atomic E-state index is -0.291. The van der Waals surface area contributed by atoms with Gasteiger partial charge in [0.1, 0.15) is 5.75 Å². The SMILES string of the molecule is CNC(=O)CN1CC[C@@H](NC(=O)Nc2ccc(Cl)cc2)[C@H](c2ccc(OC)cn2)C1. The summed E-state index contributed by atoms with van der Waals surface area (Å²) in [5.41, 5.74) is 1.50. The molecule has 1 saturated heterocycles. The number of nitrogens with zero attached hydrogens (tertiary/aromatic N) is 2. The van der Waals surface area contributed by atoms with Crippen LogP contribution in [0.3, 0.4) is 0 Å². The van der Waals surface area contributed by atoms with Crippen molar-refractivity contribution in [1.29, 1.82) is 0 Å². The second kappa shape index (κ2) is 10.3. The third-order valence-corrected chi connectivity index (χ3v) is 5.39. The average Bonchev–Trinajstić information content (AvgIpc) is 2.76. The van der Waals surface area contributed by atoms with Crippen molar-refractivity contribution in [1.82, 2.24) is 20.5 Å². The van der Waals surface area contributed by atoms with Gasteiger partial charge in [-0.15, -0.1) is 0 Å². The monoisotopic (exact) mass is 431 g/mol. The topological polar surface area (TPSA) is 95.6 Å². The predicted molar refractivity (Wildman–Crippen MR) is 116 cm³/mol. The fourth-order valence-electron chi connectivity index (χ4n) is 3.52. The number of likely N-dealkylation sites (N-methyl/N-ethyl adjacent to an activating group) is 1. The number of hydrogen-bond acceptors (Lipinski definition) is 5. The summed E-state index contributed by atoms with van der Waals surface area (Å²) in [4.78, 5) is 31.0. The van der Waals surface area contributed by atoms with E-state index in [0.29, 0.717) is 42.5 Å². The number of hydrogen-bond donors (Lipinski definition) is 3. The largest absolute Gasteiger partial charge is 0.495 e. The molecule has 1 aromatic heterocycles. The summed E-state index contributed by atoms with van der Waals surface area (Å²) in [6, 6.07) is 10.3. The van der Waals surface area contributed by atoms with Crippen molar-refractivity contribution in [3.8, 4) is 5.75 Å². The highest BCUT2D eigenvalue weighted by atomic mass is 35.5. The van der Waals surface area contributed by atoms with E-state index in [9.17, 15) is 9.59 Å². The van der Waals surface area contributed by atoms with Crippen LogP contribution in [0, 0.1) is 0 Å². The van der Waals surface area contributed by atoms with Crippen LogP contribution in [0.25, 0.3) is 0 Å². The van der Waals surface area contributed by atoms with Crippen molar-refractivity contribution in [2.75, 3.05) is 39.1 Å². The molecule has 0 spiro atoms. The van der Waals surface area contributed by atoms with Crippen LogP contribution in [0.2, 0.25) is 5.02 Å². The van der Waals surface area contributed by atoms with E-state index in [1.807, 2.05) is 12.1 Å². The number of methoxy groups -OCH3 is 1. The Morgan fingerprint density at radius 2 is 2.00 bits per heavy atom. The molecule has 9 heteroatoms. The fraction of sp³-hybridized carbons (Fsp3) is 0.381. The summed E-state index contributed by atoms with van der Waals surface area (Å²) in [6.07, 6.45) is 2.36. The zero-order valence-corrected chi connectivity index (χ0v) is 17.8. The highest BCUT2D eigenvalue weighted by Crippen LogP contribution is 2.27. The number of aromatic nitrogens is 1. The molecule has 1 fully saturated rings. The van der Waals surface area contributed by atoms with Gasteiger partial charge >= 0.3 is 6.03 Å². The summed E-state index contributed by atoms with van der Waals surface area (Å²) < 4.78 is 5.20. The Morgan fingerprint density at radius 3 is 2.63 bits per heavy atom. The maximum atomic E-state index is 12.6. The average molecular weight is 432 g/mol. The highest BCUT2D eigenvalue weighted by Gasteiger charge is 2.33. The van der Waals surface area contributed by atoms with Crippen molar-refractivity contribution in [2.24, 2.45) is 0 Å². The van der Waals surface area contributed by atoms with Gasteiger partial charge in [0.25, 0.3) is 0 Å². The molecule has 3 rings (SSSR count). The van der Waals surface area contributed by atoms with Crippen LogP contribution in [0.4, 0.5) is 10.5 Å². The third kappa shape index (κ3) is 5.84. The lowest BCUT2D eigenvalue weighted by atomic mass is 9.88. The first kappa shape index (κ1) is 21.9. The van der Waals surface area contributed by atoms with E-state index >= 15 is 0 Å². The molecule has 0 saturated carbocycles. The summed E-state index contributed by atoms with van der Waals surface area (Å²) in [7, 11) is 3.22. The highest BCUT2D eigenvalue weighted by molar-refractivity contribution is 6.30. The van der Waals surface area contributed by atoms with Gasteiger partial charge in [-0.1, -0.05) is 11.6 Å². The molecule has 2 heterocycles. The van der Waals surface area contributed by atoms with Gasteiger partial charge < -0.3 is 20.7 Å². The molecule has 0 aliphatic carbocycles. The van der Waals surface area contributed by atoms with E-state index in [0.717, 1.165) is 5.69 Å². The van der Waals surface area contributed by atoms with Crippen LogP contribution < -0.4 is 20.7 Å². The maximum absolute atomic E-state index is 12.6. The van der Waals surface area contributed by atoms with E-state index in [1.165, 1.54) is 0 Å². The second-order valence-corrected chi connectivity index (χ2v) is 7.57.